The van der Waals surface area contributed by atoms with E-state index in [0.29, 0.717) is 6.61 Å². The summed E-state index contributed by atoms with van der Waals surface area (Å²) in [7, 11) is 0. The van der Waals surface area contributed by atoms with Crippen LogP contribution in [0.15, 0.2) is 30.3 Å². The van der Waals surface area contributed by atoms with Crippen molar-refractivity contribution in [2.45, 2.75) is 17.8 Å². The van der Waals surface area contributed by atoms with Gasteiger partial charge in [-0.3, -0.25) is 0 Å². The van der Waals surface area contributed by atoms with Crippen LogP contribution in [0.25, 0.3) is 0 Å². The van der Waals surface area contributed by atoms with Crippen LogP contribution in [0.3, 0.4) is 0 Å². The molecule has 1 unspecified atom stereocenters. The predicted molar refractivity (Wildman–Crippen MR) is 60.2 cm³/mol. The number of hydrogen-bond donors (Lipinski definition) is 0. The van der Waals surface area contributed by atoms with Gasteiger partial charge in [-0.1, -0.05) is 0 Å². The fourth-order valence-corrected chi connectivity index (χ4v) is 2.77. The SMILES string of the molecule is O=C([O-])CC([Se]COCc1ccccc1)C(=O)[O-].[Na+].[Na+]. The molecule has 5 nitrogen and oxygen atoms in total. The van der Waals surface area contributed by atoms with Crippen molar-refractivity contribution < 1.29 is 83.7 Å². The molecule has 1 aromatic carbocycles. The molecule has 0 spiro atoms. The molecule has 0 amide bonds. The molecule has 0 bridgehead atoms. The smallest absolute Gasteiger partial charge is 1.00 e. The van der Waals surface area contributed by atoms with Crippen LogP contribution in [0.2, 0.25) is 4.82 Å². The predicted octanol–water partition coefficient (Wildman–Crippen LogP) is -7.45. The normalized spacial score (nSPS) is 10.8. The summed E-state index contributed by atoms with van der Waals surface area (Å²) >= 11 is -0.478. The third-order valence-electron chi connectivity index (χ3n) is 2.08. The number of hydrogen-bond acceptors (Lipinski definition) is 5. The summed E-state index contributed by atoms with van der Waals surface area (Å²) in [5.41, 5.74) is 1.21. The third-order valence-corrected chi connectivity index (χ3v) is 4.31. The number of carboxylic acid groups (broad SMARTS) is 2. The summed E-state index contributed by atoms with van der Waals surface area (Å²) in [6.45, 7) is 0.383. The Hall–Kier alpha value is 0.639. The van der Waals surface area contributed by atoms with Crippen LogP contribution in [0.5, 0.6) is 0 Å². The molecule has 1 rings (SSSR count). The van der Waals surface area contributed by atoms with E-state index in [1.165, 1.54) is 0 Å². The first kappa shape index (κ1) is 22.9. The summed E-state index contributed by atoms with van der Waals surface area (Å²) in [6.07, 6.45) is -0.517. The molecule has 0 N–H and O–H groups in total. The van der Waals surface area contributed by atoms with Gasteiger partial charge in [-0.25, -0.2) is 0 Å². The van der Waals surface area contributed by atoms with Gasteiger partial charge in [0.15, 0.2) is 0 Å². The number of carbonyl (C=O) groups is 2. The van der Waals surface area contributed by atoms with E-state index in [4.69, 9.17) is 4.74 Å². The monoisotopic (exact) mass is 362 g/mol. The Bertz CT molecular complexity index is 402. The summed E-state index contributed by atoms with van der Waals surface area (Å²) in [5, 5.41) is 21.0. The Morgan fingerprint density at radius 1 is 1.15 bits per heavy atom. The standard InChI is InChI=1S/C12H14O5Se.2Na/c13-11(14)6-10(12(15)16)18-8-17-7-9-4-2-1-3-5-9;;/h1-5,10H,6-8H2,(H,13,14)(H,15,16);;/q;2*+1/p-2. The summed E-state index contributed by atoms with van der Waals surface area (Å²) in [4.78, 5) is 20.0. The molecule has 20 heavy (non-hydrogen) atoms. The van der Waals surface area contributed by atoms with E-state index in [1.807, 2.05) is 30.3 Å². The fourth-order valence-electron chi connectivity index (χ4n) is 1.23. The van der Waals surface area contributed by atoms with Gasteiger partial charge >= 0.3 is 170 Å². The van der Waals surface area contributed by atoms with Crippen LogP contribution in [0.1, 0.15) is 12.0 Å². The summed E-state index contributed by atoms with van der Waals surface area (Å²) in [5.74, 6) is -2.74. The molecule has 0 saturated carbocycles. The second-order valence-corrected chi connectivity index (χ2v) is 5.89. The number of aliphatic carboxylic acids is 2. The molecular weight excluding hydrogens is 349 g/mol. The molecule has 0 aliphatic heterocycles. The van der Waals surface area contributed by atoms with Crippen LogP contribution >= 0.6 is 0 Å². The number of ether oxygens (including phenoxy) is 1. The molecule has 0 radical (unpaired) electrons. The van der Waals surface area contributed by atoms with E-state index in [0.717, 1.165) is 5.56 Å². The van der Waals surface area contributed by atoms with Gasteiger partial charge in [-0.15, -0.1) is 0 Å². The largest absolute Gasteiger partial charge is 1.00 e. The van der Waals surface area contributed by atoms with Crippen molar-refractivity contribution in [1.29, 1.82) is 0 Å². The van der Waals surface area contributed by atoms with Gasteiger partial charge in [-0.2, -0.15) is 0 Å². The van der Waals surface area contributed by atoms with Crippen molar-refractivity contribution in [3.05, 3.63) is 35.9 Å². The van der Waals surface area contributed by atoms with E-state index in [9.17, 15) is 19.8 Å². The molecule has 0 fully saturated rings. The average molecular weight is 361 g/mol. The average Bonchev–Trinajstić information content (AvgIpc) is 2.33. The minimum absolute atomic E-state index is 0. The Labute approximate surface area is 168 Å². The molecule has 0 aliphatic rings. The third kappa shape index (κ3) is 10.4. The van der Waals surface area contributed by atoms with Crippen LogP contribution in [0, 0.1) is 0 Å². The molecule has 0 aromatic heterocycles. The number of benzene rings is 1. The Balaban J connectivity index is 0. The van der Waals surface area contributed by atoms with Crippen molar-refractivity contribution in [2.75, 3.05) is 5.51 Å². The van der Waals surface area contributed by atoms with Crippen LogP contribution in [-0.4, -0.2) is 32.4 Å². The van der Waals surface area contributed by atoms with Crippen LogP contribution in [-0.2, 0) is 20.9 Å². The van der Waals surface area contributed by atoms with Gasteiger partial charge in [0.2, 0.25) is 0 Å². The topological polar surface area (TPSA) is 89.5 Å². The molecule has 8 heteroatoms. The maximum absolute atomic E-state index is 10.7. The number of carbonyl (C=O) groups excluding carboxylic acids is 2. The number of rotatable bonds is 8. The molecule has 0 aliphatic carbocycles. The van der Waals surface area contributed by atoms with Crippen molar-refractivity contribution in [1.82, 2.24) is 0 Å². The van der Waals surface area contributed by atoms with Crippen molar-refractivity contribution in [3.63, 3.8) is 0 Å². The zero-order valence-electron chi connectivity index (χ0n) is 11.5. The van der Waals surface area contributed by atoms with Crippen molar-refractivity contribution in [2.24, 2.45) is 0 Å². The number of carboxylic acids is 2. The van der Waals surface area contributed by atoms with E-state index >= 15 is 0 Å². The first-order valence-corrected chi connectivity index (χ1v) is 7.43. The zero-order valence-corrected chi connectivity index (χ0v) is 17.2. The Morgan fingerprint density at radius 3 is 2.25 bits per heavy atom. The first-order valence-electron chi connectivity index (χ1n) is 5.23. The second-order valence-electron chi connectivity index (χ2n) is 3.50. The maximum Gasteiger partial charge on any atom is 1.00 e. The molecule has 0 heterocycles. The van der Waals surface area contributed by atoms with E-state index in [1.54, 1.807) is 0 Å². The summed E-state index contributed by atoms with van der Waals surface area (Å²) in [6, 6.07) is 9.43. The fraction of sp³-hybridized carbons (Fsp3) is 0.333. The molecule has 1 aromatic rings. The second kappa shape index (κ2) is 13.3. The Morgan fingerprint density at radius 2 is 1.75 bits per heavy atom. The quantitative estimate of drug-likeness (QED) is 0.339. The van der Waals surface area contributed by atoms with Gasteiger partial charge in [0.25, 0.3) is 0 Å². The summed E-state index contributed by atoms with van der Waals surface area (Å²) < 4.78 is 5.31. The maximum atomic E-state index is 10.7. The Kier molecular flexibility index (Phi) is 15.3. The van der Waals surface area contributed by atoms with Gasteiger partial charge in [0.05, 0.1) is 0 Å². The van der Waals surface area contributed by atoms with Gasteiger partial charge in [-0.05, 0) is 0 Å². The minimum atomic E-state index is -1.38. The van der Waals surface area contributed by atoms with Crippen LogP contribution < -0.4 is 69.3 Å². The molecule has 0 saturated heterocycles. The van der Waals surface area contributed by atoms with E-state index in [2.05, 4.69) is 0 Å². The van der Waals surface area contributed by atoms with E-state index < -0.39 is 38.1 Å². The van der Waals surface area contributed by atoms with Gasteiger partial charge in [0, 0.05) is 0 Å². The van der Waals surface area contributed by atoms with E-state index in [-0.39, 0.29) is 64.6 Å². The zero-order chi connectivity index (χ0) is 13.4. The molecule has 98 valence electrons. The van der Waals surface area contributed by atoms with Crippen molar-refractivity contribution >= 4 is 26.9 Å². The van der Waals surface area contributed by atoms with Crippen LogP contribution in [0.4, 0.5) is 0 Å². The van der Waals surface area contributed by atoms with Gasteiger partial charge < -0.3 is 0 Å². The first-order chi connectivity index (χ1) is 8.59. The molecule has 1 atom stereocenters. The molecular formula is C12H12Na2O5Se. The minimum Gasteiger partial charge on any atom is 1.00 e. The van der Waals surface area contributed by atoms with Crippen molar-refractivity contribution in [3.8, 4) is 0 Å². The van der Waals surface area contributed by atoms with Gasteiger partial charge in [0.1, 0.15) is 0 Å².